The van der Waals surface area contributed by atoms with Crippen molar-refractivity contribution in [3.63, 3.8) is 0 Å². The zero-order valence-corrected chi connectivity index (χ0v) is 18.3. The fourth-order valence-corrected chi connectivity index (χ4v) is 6.29. The number of carbonyl (C=O) groups is 1. The van der Waals surface area contributed by atoms with Crippen molar-refractivity contribution in [3.05, 3.63) is 53.6 Å². The third-order valence-electron chi connectivity index (χ3n) is 6.11. The highest BCUT2D eigenvalue weighted by atomic mass is 35.5. The Bertz CT molecular complexity index is 1030. The van der Waals surface area contributed by atoms with Crippen LogP contribution in [0.4, 0.5) is 5.69 Å². The van der Waals surface area contributed by atoms with E-state index >= 15 is 0 Å². The smallest absolute Gasteiger partial charge is 0.264 e. The summed E-state index contributed by atoms with van der Waals surface area (Å²) in [5.41, 5.74) is 0.233. The van der Waals surface area contributed by atoms with Crippen LogP contribution < -0.4 is 14.4 Å². The van der Waals surface area contributed by atoms with Crippen molar-refractivity contribution in [1.82, 2.24) is 5.32 Å². The summed E-state index contributed by atoms with van der Waals surface area (Å²) in [4.78, 5) is 13.0. The van der Waals surface area contributed by atoms with Gasteiger partial charge in [0.05, 0.1) is 17.7 Å². The Labute approximate surface area is 182 Å². The van der Waals surface area contributed by atoms with Gasteiger partial charge in [-0.15, -0.1) is 0 Å². The monoisotopic (exact) mass is 448 g/mol. The number of anilines is 1. The van der Waals surface area contributed by atoms with Gasteiger partial charge in [0.25, 0.3) is 10.0 Å². The molecule has 6 nitrogen and oxygen atoms in total. The molecule has 2 aromatic carbocycles. The van der Waals surface area contributed by atoms with Crippen molar-refractivity contribution in [1.29, 1.82) is 0 Å². The quantitative estimate of drug-likeness (QED) is 0.698. The van der Waals surface area contributed by atoms with Crippen LogP contribution in [0.25, 0.3) is 0 Å². The number of ether oxygens (including phenoxy) is 1. The van der Waals surface area contributed by atoms with Crippen LogP contribution in [0.15, 0.2) is 53.4 Å². The molecule has 3 atom stereocenters. The average Bonchev–Trinajstić information content (AvgIpc) is 3.36. The van der Waals surface area contributed by atoms with E-state index in [-0.39, 0.29) is 29.1 Å². The summed E-state index contributed by atoms with van der Waals surface area (Å²) in [6.07, 6.45) is 4.48. The maximum Gasteiger partial charge on any atom is 0.264 e. The van der Waals surface area contributed by atoms with E-state index in [2.05, 4.69) is 5.32 Å². The molecule has 160 valence electrons. The van der Waals surface area contributed by atoms with E-state index in [0.717, 1.165) is 23.6 Å². The largest absolute Gasteiger partial charge is 0.495 e. The summed E-state index contributed by atoms with van der Waals surface area (Å²) in [6, 6.07) is 12.9. The van der Waals surface area contributed by atoms with E-state index in [1.165, 1.54) is 31.7 Å². The molecular formula is C22H25ClN2O4S. The number of halogens is 1. The van der Waals surface area contributed by atoms with Gasteiger partial charge < -0.3 is 10.1 Å². The van der Waals surface area contributed by atoms with Gasteiger partial charge in [0, 0.05) is 11.1 Å². The number of amides is 1. The summed E-state index contributed by atoms with van der Waals surface area (Å²) >= 11 is 6.15. The van der Waals surface area contributed by atoms with E-state index in [4.69, 9.17) is 16.3 Å². The van der Waals surface area contributed by atoms with Gasteiger partial charge in [0.2, 0.25) is 5.91 Å². The summed E-state index contributed by atoms with van der Waals surface area (Å²) in [6.45, 7) is -0.345. The molecule has 2 aliphatic rings. The predicted molar refractivity (Wildman–Crippen MR) is 116 cm³/mol. The Hall–Kier alpha value is -2.25. The first-order valence-electron chi connectivity index (χ1n) is 10.1. The molecule has 0 aliphatic heterocycles. The van der Waals surface area contributed by atoms with Gasteiger partial charge in [-0.1, -0.05) is 36.2 Å². The molecule has 0 aromatic heterocycles. The molecule has 0 radical (unpaired) electrons. The van der Waals surface area contributed by atoms with E-state index in [1.807, 2.05) is 0 Å². The SMILES string of the molecule is COc1ccc(Cl)cc1N(CC(=O)N[C@@H]1C[C@@H]2CC[C@@H]1C2)S(=O)(=O)c1ccccc1. The molecule has 1 N–H and O–H groups in total. The van der Waals surface area contributed by atoms with Crippen molar-refractivity contribution < 1.29 is 17.9 Å². The zero-order valence-electron chi connectivity index (χ0n) is 16.8. The minimum absolute atomic E-state index is 0.0970. The Kier molecular flexibility index (Phi) is 5.93. The zero-order chi connectivity index (χ0) is 21.3. The first kappa shape index (κ1) is 21.0. The van der Waals surface area contributed by atoms with Gasteiger partial charge in [0.1, 0.15) is 12.3 Å². The van der Waals surface area contributed by atoms with Crippen LogP contribution in [-0.2, 0) is 14.8 Å². The average molecular weight is 449 g/mol. The highest BCUT2D eigenvalue weighted by Gasteiger charge is 2.40. The Morgan fingerprint density at radius 2 is 1.93 bits per heavy atom. The Morgan fingerprint density at radius 1 is 1.17 bits per heavy atom. The number of hydrogen-bond acceptors (Lipinski definition) is 4. The minimum Gasteiger partial charge on any atom is -0.495 e. The lowest BCUT2D eigenvalue weighted by molar-refractivity contribution is -0.120. The summed E-state index contributed by atoms with van der Waals surface area (Å²) in [7, 11) is -2.55. The van der Waals surface area contributed by atoms with Crippen LogP contribution in [0.5, 0.6) is 5.75 Å². The molecule has 4 rings (SSSR count). The van der Waals surface area contributed by atoms with Crippen LogP contribution in [0.3, 0.4) is 0 Å². The third kappa shape index (κ3) is 4.14. The number of rotatable bonds is 7. The van der Waals surface area contributed by atoms with E-state index < -0.39 is 10.0 Å². The van der Waals surface area contributed by atoms with Crippen LogP contribution in [0.2, 0.25) is 5.02 Å². The lowest BCUT2D eigenvalue weighted by atomic mass is 9.95. The van der Waals surface area contributed by atoms with Crippen molar-refractivity contribution in [2.45, 2.75) is 36.6 Å². The van der Waals surface area contributed by atoms with Crippen molar-refractivity contribution in [3.8, 4) is 5.75 Å². The number of fused-ring (bicyclic) bond motifs is 2. The second-order valence-corrected chi connectivity index (χ2v) is 10.3. The van der Waals surface area contributed by atoms with Gasteiger partial charge in [-0.25, -0.2) is 8.42 Å². The van der Waals surface area contributed by atoms with E-state index in [1.54, 1.807) is 30.3 Å². The van der Waals surface area contributed by atoms with Crippen LogP contribution in [-0.4, -0.2) is 34.0 Å². The number of carbonyl (C=O) groups excluding carboxylic acids is 1. The first-order valence-corrected chi connectivity index (χ1v) is 11.9. The number of sulfonamides is 1. The standard InChI is InChI=1S/C22H25ClN2O4S/c1-29-21-10-9-17(23)13-20(21)25(30(27,28)18-5-3-2-4-6-18)14-22(26)24-19-12-15-7-8-16(19)11-15/h2-6,9-10,13,15-16,19H,7-8,11-12,14H2,1H3,(H,24,26)/t15-,16-,19-/m1/s1. The van der Waals surface area contributed by atoms with Crippen LogP contribution in [0.1, 0.15) is 25.7 Å². The lowest BCUT2D eigenvalue weighted by Crippen LogP contribution is -2.46. The molecule has 2 saturated carbocycles. The molecule has 30 heavy (non-hydrogen) atoms. The summed E-state index contributed by atoms with van der Waals surface area (Å²) < 4.78 is 33.4. The van der Waals surface area contributed by atoms with E-state index in [0.29, 0.717) is 22.6 Å². The molecule has 0 spiro atoms. The third-order valence-corrected chi connectivity index (χ3v) is 8.12. The van der Waals surface area contributed by atoms with Crippen LogP contribution >= 0.6 is 11.6 Å². The highest BCUT2D eigenvalue weighted by molar-refractivity contribution is 7.92. The maximum absolute atomic E-state index is 13.5. The molecule has 0 unspecified atom stereocenters. The van der Waals surface area contributed by atoms with Crippen LogP contribution in [0, 0.1) is 11.8 Å². The number of nitrogens with zero attached hydrogens (tertiary/aromatic N) is 1. The molecule has 2 aliphatic carbocycles. The first-order chi connectivity index (χ1) is 14.4. The maximum atomic E-state index is 13.5. The second-order valence-electron chi connectivity index (χ2n) is 7.99. The molecule has 2 fully saturated rings. The summed E-state index contributed by atoms with van der Waals surface area (Å²) in [5.74, 6) is 1.18. The fraction of sp³-hybridized carbons (Fsp3) is 0.409. The van der Waals surface area contributed by atoms with Gasteiger partial charge in [-0.3, -0.25) is 9.10 Å². The second kappa shape index (κ2) is 8.47. The van der Waals surface area contributed by atoms with Gasteiger partial charge in [-0.2, -0.15) is 0 Å². The van der Waals surface area contributed by atoms with E-state index in [9.17, 15) is 13.2 Å². The predicted octanol–water partition coefficient (Wildman–Crippen LogP) is 3.85. The molecule has 0 saturated heterocycles. The number of methoxy groups -OCH3 is 1. The molecule has 8 heteroatoms. The van der Waals surface area contributed by atoms with Gasteiger partial charge in [-0.05, 0) is 61.4 Å². The summed E-state index contributed by atoms with van der Waals surface area (Å²) in [5, 5.41) is 3.42. The highest BCUT2D eigenvalue weighted by Crippen LogP contribution is 2.44. The lowest BCUT2D eigenvalue weighted by Gasteiger charge is -2.28. The van der Waals surface area contributed by atoms with Crippen molar-refractivity contribution in [2.24, 2.45) is 11.8 Å². The fourth-order valence-electron chi connectivity index (χ4n) is 4.68. The molecule has 2 aromatic rings. The molecule has 1 amide bonds. The van der Waals surface area contributed by atoms with Gasteiger partial charge in [0.15, 0.2) is 0 Å². The minimum atomic E-state index is -4.01. The Morgan fingerprint density at radius 3 is 2.57 bits per heavy atom. The number of benzene rings is 2. The topological polar surface area (TPSA) is 75.7 Å². The molecular weight excluding hydrogens is 424 g/mol. The number of hydrogen-bond donors (Lipinski definition) is 1. The van der Waals surface area contributed by atoms with Gasteiger partial charge >= 0.3 is 0 Å². The van der Waals surface area contributed by atoms with Crippen molar-refractivity contribution in [2.75, 3.05) is 18.0 Å². The number of nitrogens with one attached hydrogen (secondary N) is 1. The van der Waals surface area contributed by atoms with Crippen molar-refractivity contribution >= 4 is 33.2 Å². The molecule has 2 bridgehead atoms. The molecule has 0 heterocycles. The Balaban J connectivity index is 1.65. The normalized spacial score (nSPS) is 22.7.